The fraction of sp³-hybridized carbons (Fsp3) is 0.280. The van der Waals surface area contributed by atoms with Crippen LogP contribution in [0, 0.1) is 17.6 Å². The van der Waals surface area contributed by atoms with Crippen molar-refractivity contribution in [2.45, 2.75) is 32.7 Å². The Morgan fingerprint density at radius 3 is 2.59 bits per heavy atom. The summed E-state index contributed by atoms with van der Waals surface area (Å²) in [5, 5.41) is 9.46. The second-order valence-corrected chi connectivity index (χ2v) is 8.65. The number of aromatic carboxylic acids is 1. The van der Waals surface area contributed by atoms with Gasteiger partial charge in [-0.05, 0) is 41.7 Å². The normalized spacial score (nSPS) is 16.3. The molecular weight excluding hydrogens is 416 g/mol. The minimum absolute atomic E-state index is 0.0324. The lowest BCUT2D eigenvalue weighted by atomic mass is 9.82. The SMILES string of the molecule is CC(C)[C@@H]1Cc2c(cc(-c3ccc(F)c(F)c3)c3c2CCO3)-c2cc(=O)c(C(=O)O)cn21. The van der Waals surface area contributed by atoms with Crippen molar-refractivity contribution < 1.29 is 23.4 Å². The highest BCUT2D eigenvalue weighted by Gasteiger charge is 2.33. The van der Waals surface area contributed by atoms with Crippen LogP contribution in [-0.4, -0.2) is 22.2 Å². The summed E-state index contributed by atoms with van der Waals surface area (Å²) in [7, 11) is 0. The first-order chi connectivity index (χ1) is 15.3. The van der Waals surface area contributed by atoms with E-state index in [1.165, 1.54) is 18.3 Å². The molecule has 5 rings (SSSR count). The lowest BCUT2D eigenvalue weighted by Gasteiger charge is -2.34. The number of fused-ring (bicyclic) bond motifs is 5. The van der Waals surface area contributed by atoms with Gasteiger partial charge in [0, 0.05) is 41.4 Å². The van der Waals surface area contributed by atoms with E-state index in [0.29, 0.717) is 42.0 Å². The Kier molecular flexibility index (Phi) is 4.65. The first-order valence-electron chi connectivity index (χ1n) is 10.5. The number of aromatic nitrogens is 1. The van der Waals surface area contributed by atoms with Gasteiger partial charge in [0.1, 0.15) is 11.3 Å². The van der Waals surface area contributed by atoms with Crippen LogP contribution in [0.1, 0.15) is 41.4 Å². The third-order valence-electron chi connectivity index (χ3n) is 6.45. The van der Waals surface area contributed by atoms with Gasteiger partial charge in [-0.1, -0.05) is 19.9 Å². The second-order valence-electron chi connectivity index (χ2n) is 8.65. The van der Waals surface area contributed by atoms with Crippen molar-refractivity contribution in [2.24, 2.45) is 5.92 Å². The summed E-state index contributed by atoms with van der Waals surface area (Å²) < 4.78 is 35.3. The van der Waals surface area contributed by atoms with Crippen molar-refractivity contribution in [1.82, 2.24) is 4.57 Å². The van der Waals surface area contributed by atoms with Gasteiger partial charge in [-0.15, -0.1) is 0 Å². The van der Waals surface area contributed by atoms with Crippen molar-refractivity contribution in [2.75, 3.05) is 6.61 Å². The molecule has 0 fully saturated rings. The molecule has 3 heterocycles. The number of carboxylic acid groups (broad SMARTS) is 1. The standard InChI is InChI=1S/C25H21F2NO4/c1-12(2)21-9-16-14-5-6-32-24(14)15(13-3-4-19(26)20(27)7-13)8-17(16)22-10-23(29)18(25(30)31)11-28(21)22/h3-4,7-8,10-12,21H,5-6,9H2,1-2H3,(H,30,31)/t21-/m0/s1. The van der Waals surface area contributed by atoms with E-state index in [1.54, 1.807) is 0 Å². The third-order valence-corrected chi connectivity index (χ3v) is 6.45. The number of hydrogen-bond donors (Lipinski definition) is 1. The van der Waals surface area contributed by atoms with Gasteiger partial charge in [0.2, 0.25) is 0 Å². The molecule has 2 aliphatic heterocycles. The van der Waals surface area contributed by atoms with Gasteiger partial charge >= 0.3 is 5.97 Å². The summed E-state index contributed by atoms with van der Waals surface area (Å²) in [6.07, 6.45) is 2.76. The summed E-state index contributed by atoms with van der Waals surface area (Å²) in [5.41, 5.74) is 3.75. The molecule has 0 bridgehead atoms. The van der Waals surface area contributed by atoms with Crippen molar-refractivity contribution in [3.05, 3.63) is 75.1 Å². The van der Waals surface area contributed by atoms with Crippen molar-refractivity contribution >= 4 is 5.97 Å². The predicted molar refractivity (Wildman–Crippen MR) is 115 cm³/mol. The zero-order valence-electron chi connectivity index (χ0n) is 17.6. The molecule has 0 aliphatic carbocycles. The Morgan fingerprint density at radius 2 is 1.91 bits per heavy atom. The lowest BCUT2D eigenvalue weighted by Crippen LogP contribution is -2.28. The molecule has 2 aliphatic rings. The van der Waals surface area contributed by atoms with Gasteiger partial charge in [-0.2, -0.15) is 0 Å². The van der Waals surface area contributed by atoms with E-state index in [1.807, 2.05) is 10.6 Å². The lowest BCUT2D eigenvalue weighted by molar-refractivity contribution is 0.0694. The van der Waals surface area contributed by atoms with Gasteiger partial charge in [-0.3, -0.25) is 4.79 Å². The van der Waals surface area contributed by atoms with E-state index in [4.69, 9.17) is 4.74 Å². The first kappa shape index (κ1) is 20.4. The van der Waals surface area contributed by atoms with Crippen LogP contribution in [0.4, 0.5) is 8.78 Å². The van der Waals surface area contributed by atoms with Crippen LogP contribution >= 0.6 is 0 Å². The summed E-state index contributed by atoms with van der Waals surface area (Å²) in [6, 6.07) is 6.90. The van der Waals surface area contributed by atoms with E-state index in [9.17, 15) is 23.5 Å². The third kappa shape index (κ3) is 3.03. The highest BCUT2D eigenvalue weighted by Crippen LogP contribution is 2.48. The molecule has 164 valence electrons. The van der Waals surface area contributed by atoms with Gasteiger partial charge < -0.3 is 14.4 Å². The molecular formula is C25H21F2NO4. The summed E-state index contributed by atoms with van der Waals surface area (Å²) in [6.45, 7) is 4.61. The Balaban J connectivity index is 1.81. The molecule has 32 heavy (non-hydrogen) atoms. The number of hydrogen-bond acceptors (Lipinski definition) is 3. The van der Waals surface area contributed by atoms with Gasteiger partial charge in [0.25, 0.3) is 0 Å². The molecule has 0 radical (unpaired) electrons. The Labute approximate surface area is 182 Å². The number of pyridine rings is 1. The highest BCUT2D eigenvalue weighted by atomic mass is 19.2. The predicted octanol–water partition coefficient (Wildman–Crippen LogP) is 4.85. The number of ether oxygens (including phenoxy) is 1. The summed E-state index contributed by atoms with van der Waals surface area (Å²) in [5.74, 6) is -2.29. The van der Waals surface area contributed by atoms with Gasteiger partial charge in [0.15, 0.2) is 17.1 Å². The average molecular weight is 437 g/mol. The minimum atomic E-state index is -1.26. The number of halogens is 2. The Morgan fingerprint density at radius 1 is 1.12 bits per heavy atom. The van der Waals surface area contributed by atoms with E-state index < -0.39 is 23.0 Å². The van der Waals surface area contributed by atoms with Crippen LogP contribution in [0.2, 0.25) is 0 Å². The quantitative estimate of drug-likeness (QED) is 0.636. The number of benzene rings is 2. The summed E-state index contributed by atoms with van der Waals surface area (Å²) >= 11 is 0. The molecule has 1 N–H and O–H groups in total. The van der Waals surface area contributed by atoms with Crippen LogP contribution in [0.15, 0.2) is 41.3 Å². The zero-order valence-corrected chi connectivity index (χ0v) is 17.6. The molecule has 5 nitrogen and oxygen atoms in total. The second kappa shape index (κ2) is 7.29. The molecule has 3 aromatic rings. The largest absolute Gasteiger partial charge is 0.492 e. The van der Waals surface area contributed by atoms with E-state index in [2.05, 4.69) is 13.8 Å². The maximum Gasteiger partial charge on any atom is 0.341 e. The van der Waals surface area contributed by atoms with Gasteiger partial charge in [-0.25, -0.2) is 13.6 Å². The Bertz CT molecular complexity index is 1340. The highest BCUT2D eigenvalue weighted by molar-refractivity contribution is 5.88. The molecule has 1 atom stereocenters. The van der Waals surface area contributed by atoms with Crippen LogP contribution in [0.3, 0.4) is 0 Å². The molecule has 0 saturated carbocycles. The smallest absolute Gasteiger partial charge is 0.341 e. The van der Waals surface area contributed by atoms with E-state index >= 15 is 0 Å². The number of carbonyl (C=O) groups is 1. The maximum absolute atomic E-state index is 14.0. The number of carboxylic acids is 1. The minimum Gasteiger partial charge on any atom is -0.492 e. The van der Waals surface area contributed by atoms with Crippen LogP contribution in [-0.2, 0) is 12.8 Å². The Hall–Kier alpha value is -3.48. The van der Waals surface area contributed by atoms with Crippen molar-refractivity contribution in [3.8, 4) is 28.1 Å². The van der Waals surface area contributed by atoms with E-state index in [0.717, 1.165) is 28.8 Å². The molecule has 0 spiro atoms. The maximum atomic E-state index is 14.0. The molecule has 1 aromatic heterocycles. The van der Waals surface area contributed by atoms with Crippen molar-refractivity contribution in [3.63, 3.8) is 0 Å². The number of rotatable bonds is 3. The average Bonchev–Trinajstić information content (AvgIpc) is 3.24. The van der Waals surface area contributed by atoms with Crippen LogP contribution in [0.5, 0.6) is 5.75 Å². The van der Waals surface area contributed by atoms with Gasteiger partial charge in [0.05, 0.1) is 12.3 Å². The molecule has 0 amide bonds. The van der Waals surface area contributed by atoms with Crippen LogP contribution < -0.4 is 10.2 Å². The monoisotopic (exact) mass is 437 g/mol. The fourth-order valence-electron chi connectivity index (χ4n) is 4.85. The summed E-state index contributed by atoms with van der Waals surface area (Å²) in [4.78, 5) is 24.2. The number of nitrogens with zero attached hydrogens (tertiary/aromatic N) is 1. The molecule has 2 aromatic carbocycles. The van der Waals surface area contributed by atoms with Crippen LogP contribution in [0.25, 0.3) is 22.4 Å². The first-order valence-corrected chi connectivity index (χ1v) is 10.5. The molecule has 0 saturated heterocycles. The fourth-order valence-corrected chi connectivity index (χ4v) is 4.85. The molecule has 7 heteroatoms. The zero-order chi connectivity index (χ0) is 22.7. The molecule has 0 unspecified atom stereocenters. The topological polar surface area (TPSA) is 68.5 Å². The van der Waals surface area contributed by atoms with E-state index in [-0.39, 0.29) is 17.5 Å². The van der Waals surface area contributed by atoms with Crippen molar-refractivity contribution in [1.29, 1.82) is 0 Å².